The van der Waals surface area contributed by atoms with Gasteiger partial charge in [0.1, 0.15) is 5.75 Å². The molecule has 6 heteroatoms. The molecule has 2 unspecified atom stereocenters. The Morgan fingerprint density at radius 3 is 2.83 bits per heavy atom. The summed E-state index contributed by atoms with van der Waals surface area (Å²) in [7, 11) is 3.52. The summed E-state index contributed by atoms with van der Waals surface area (Å²) < 4.78 is 5.47. The molecule has 0 bridgehead atoms. The Balaban J connectivity index is 1.94. The quantitative estimate of drug-likeness (QED) is 0.639. The van der Waals surface area contributed by atoms with E-state index in [1.54, 1.807) is 7.11 Å². The molecule has 0 spiro atoms. The number of thioether (sulfide) groups is 1. The van der Waals surface area contributed by atoms with E-state index in [2.05, 4.69) is 26.9 Å². The number of rotatable bonds is 5. The van der Waals surface area contributed by atoms with Gasteiger partial charge in [0, 0.05) is 35.7 Å². The van der Waals surface area contributed by atoms with E-state index in [4.69, 9.17) is 4.74 Å². The number of methoxy groups -OCH3 is 1. The highest BCUT2D eigenvalue weighted by Gasteiger charge is 2.24. The van der Waals surface area contributed by atoms with Crippen LogP contribution < -0.4 is 15.4 Å². The first-order chi connectivity index (χ1) is 11.1. The lowest BCUT2D eigenvalue weighted by molar-refractivity contribution is 0.406. The zero-order valence-corrected chi connectivity index (χ0v) is 15.6. The van der Waals surface area contributed by atoms with Crippen molar-refractivity contribution in [3.63, 3.8) is 0 Å². The van der Waals surface area contributed by atoms with Crippen molar-refractivity contribution in [2.45, 2.75) is 50.9 Å². The van der Waals surface area contributed by atoms with Gasteiger partial charge in [0.05, 0.1) is 19.3 Å². The molecule has 0 aliphatic heterocycles. The van der Waals surface area contributed by atoms with Crippen molar-refractivity contribution < 1.29 is 4.74 Å². The van der Waals surface area contributed by atoms with Crippen LogP contribution in [-0.2, 0) is 6.54 Å². The summed E-state index contributed by atoms with van der Waals surface area (Å²) in [5, 5.41) is 7.67. The standard InChI is InChI=1S/C17H28N4OS/c1-11-9-19-15(12(2)16(11)22-4)10-20-17(18-3)21-13-6-7-14(8-13)23-5/h9,13-14H,6-8,10H2,1-5H3,(H2,18,20,21). The third kappa shape index (κ3) is 4.53. The van der Waals surface area contributed by atoms with Gasteiger partial charge < -0.3 is 15.4 Å². The van der Waals surface area contributed by atoms with Crippen molar-refractivity contribution in [3.8, 4) is 5.75 Å². The largest absolute Gasteiger partial charge is 0.496 e. The Hall–Kier alpha value is -1.43. The summed E-state index contributed by atoms with van der Waals surface area (Å²) in [5.41, 5.74) is 3.13. The monoisotopic (exact) mass is 336 g/mol. The number of hydrogen-bond donors (Lipinski definition) is 2. The SMILES string of the molecule is CN=C(NCc1ncc(C)c(OC)c1C)NC1CCC(SC)C1. The van der Waals surface area contributed by atoms with Gasteiger partial charge in [0.15, 0.2) is 5.96 Å². The number of ether oxygens (including phenoxy) is 1. The van der Waals surface area contributed by atoms with Gasteiger partial charge in [-0.3, -0.25) is 9.98 Å². The van der Waals surface area contributed by atoms with E-state index in [-0.39, 0.29) is 0 Å². The molecule has 1 aliphatic rings. The second-order valence-corrected chi connectivity index (χ2v) is 7.12. The molecule has 0 radical (unpaired) electrons. The zero-order chi connectivity index (χ0) is 16.8. The number of aliphatic imine (C=N–C) groups is 1. The number of aromatic nitrogens is 1. The molecular weight excluding hydrogens is 308 g/mol. The average molecular weight is 337 g/mol. The molecule has 1 heterocycles. The lowest BCUT2D eigenvalue weighted by Crippen LogP contribution is -2.42. The first kappa shape index (κ1) is 17.9. The molecule has 2 N–H and O–H groups in total. The fourth-order valence-corrected chi connectivity index (χ4v) is 3.89. The summed E-state index contributed by atoms with van der Waals surface area (Å²) in [6.07, 6.45) is 7.75. The van der Waals surface area contributed by atoms with Crippen LogP contribution in [0.4, 0.5) is 0 Å². The van der Waals surface area contributed by atoms with Crippen LogP contribution in [0.25, 0.3) is 0 Å². The number of nitrogens with one attached hydrogen (secondary N) is 2. The summed E-state index contributed by atoms with van der Waals surface area (Å²) in [4.78, 5) is 8.86. The van der Waals surface area contributed by atoms with Gasteiger partial charge >= 0.3 is 0 Å². The van der Waals surface area contributed by atoms with Crippen molar-refractivity contribution in [1.82, 2.24) is 15.6 Å². The second-order valence-electron chi connectivity index (χ2n) is 5.98. The van der Waals surface area contributed by atoms with E-state index >= 15 is 0 Å². The predicted molar refractivity (Wildman–Crippen MR) is 98.5 cm³/mol. The molecule has 5 nitrogen and oxygen atoms in total. The maximum atomic E-state index is 5.47. The fourth-order valence-electron chi connectivity index (χ4n) is 3.09. The minimum atomic E-state index is 0.514. The lowest BCUT2D eigenvalue weighted by Gasteiger charge is -2.18. The Kier molecular flexibility index (Phi) is 6.57. The molecule has 1 aliphatic carbocycles. The summed E-state index contributed by atoms with van der Waals surface area (Å²) in [6.45, 7) is 4.70. The minimum Gasteiger partial charge on any atom is -0.496 e. The van der Waals surface area contributed by atoms with Crippen LogP contribution in [0.15, 0.2) is 11.2 Å². The molecule has 1 aromatic heterocycles. The Labute approximate surface area is 143 Å². The van der Waals surface area contributed by atoms with Crippen LogP contribution in [0.3, 0.4) is 0 Å². The minimum absolute atomic E-state index is 0.514. The van der Waals surface area contributed by atoms with E-state index in [9.17, 15) is 0 Å². The summed E-state index contributed by atoms with van der Waals surface area (Å²) in [5.74, 6) is 1.76. The maximum absolute atomic E-state index is 5.47. The normalized spacial score (nSPS) is 21.3. The fraction of sp³-hybridized carbons (Fsp3) is 0.647. The Morgan fingerprint density at radius 2 is 2.22 bits per heavy atom. The molecule has 128 valence electrons. The van der Waals surface area contributed by atoms with Crippen LogP contribution in [0.5, 0.6) is 5.75 Å². The molecule has 0 saturated heterocycles. The van der Waals surface area contributed by atoms with E-state index in [1.807, 2.05) is 38.9 Å². The molecule has 2 rings (SSSR count). The lowest BCUT2D eigenvalue weighted by atomic mass is 10.1. The number of aryl methyl sites for hydroxylation is 1. The highest BCUT2D eigenvalue weighted by molar-refractivity contribution is 7.99. The van der Waals surface area contributed by atoms with Crippen LogP contribution in [0, 0.1) is 13.8 Å². The third-order valence-electron chi connectivity index (χ3n) is 4.46. The van der Waals surface area contributed by atoms with E-state index in [0.717, 1.165) is 33.8 Å². The van der Waals surface area contributed by atoms with Crippen molar-refractivity contribution >= 4 is 17.7 Å². The van der Waals surface area contributed by atoms with Gasteiger partial charge in [-0.25, -0.2) is 0 Å². The number of pyridine rings is 1. The number of nitrogens with zero attached hydrogens (tertiary/aromatic N) is 2. The first-order valence-electron chi connectivity index (χ1n) is 8.08. The van der Waals surface area contributed by atoms with Crippen LogP contribution in [-0.4, -0.2) is 42.6 Å². The van der Waals surface area contributed by atoms with Crippen molar-refractivity contribution in [3.05, 3.63) is 23.0 Å². The Morgan fingerprint density at radius 1 is 1.43 bits per heavy atom. The summed E-state index contributed by atoms with van der Waals surface area (Å²) >= 11 is 1.96. The van der Waals surface area contributed by atoms with Crippen molar-refractivity contribution in [2.24, 2.45) is 4.99 Å². The maximum Gasteiger partial charge on any atom is 0.191 e. The van der Waals surface area contributed by atoms with E-state index in [1.165, 1.54) is 19.3 Å². The highest BCUT2D eigenvalue weighted by atomic mass is 32.2. The Bertz CT molecular complexity index is 562. The van der Waals surface area contributed by atoms with Gasteiger partial charge in [0.2, 0.25) is 0 Å². The number of guanidine groups is 1. The van der Waals surface area contributed by atoms with Crippen molar-refractivity contribution in [1.29, 1.82) is 0 Å². The number of hydrogen-bond acceptors (Lipinski definition) is 4. The van der Waals surface area contributed by atoms with Gasteiger partial charge in [-0.15, -0.1) is 0 Å². The van der Waals surface area contributed by atoms with Gasteiger partial charge in [-0.05, 0) is 39.4 Å². The molecule has 0 aromatic carbocycles. The van der Waals surface area contributed by atoms with Gasteiger partial charge in [0.25, 0.3) is 0 Å². The molecule has 23 heavy (non-hydrogen) atoms. The molecule has 1 saturated carbocycles. The highest BCUT2D eigenvalue weighted by Crippen LogP contribution is 2.28. The first-order valence-corrected chi connectivity index (χ1v) is 9.36. The summed E-state index contributed by atoms with van der Waals surface area (Å²) in [6, 6.07) is 0.514. The van der Waals surface area contributed by atoms with Gasteiger partial charge in [-0.1, -0.05) is 0 Å². The second kappa shape index (κ2) is 8.43. The molecule has 2 atom stereocenters. The average Bonchev–Trinajstić information content (AvgIpc) is 3.01. The van der Waals surface area contributed by atoms with Crippen LogP contribution in [0.2, 0.25) is 0 Å². The molecule has 1 aromatic rings. The molecule has 0 amide bonds. The molecule has 1 fully saturated rings. The van der Waals surface area contributed by atoms with E-state index in [0.29, 0.717) is 12.6 Å². The predicted octanol–water partition coefficient (Wildman–Crippen LogP) is 2.66. The van der Waals surface area contributed by atoms with Crippen molar-refractivity contribution in [2.75, 3.05) is 20.4 Å². The molecular formula is C17H28N4OS. The van der Waals surface area contributed by atoms with Gasteiger partial charge in [-0.2, -0.15) is 11.8 Å². The van der Waals surface area contributed by atoms with Crippen LogP contribution in [0.1, 0.15) is 36.1 Å². The zero-order valence-electron chi connectivity index (χ0n) is 14.8. The van der Waals surface area contributed by atoms with Crippen LogP contribution >= 0.6 is 11.8 Å². The van der Waals surface area contributed by atoms with E-state index < -0.39 is 0 Å². The smallest absolute Gasteiger partial charge is 0.191 e. The topological polar surface area (TPSA) is 58.5 Å². The third-order valence-corrected chi connectivity index (χ3v) is 5.55.